The van der Waals surface area contributed by atoms with Gasteiger partial charge in [0, 0.05) is 17.0 Å². The van der Waals surface area contributed by atoms with Gasteiger partial charge in [-0.1, -0.05) is 32.4 Å². The fourth-order valence-corrected chi connectivity index (χ4v) is 5.32. The Bertz CT molecular complexity index is 1070. The van der Waals surface area contributed by atoms with Crippen LogP contribution < -0.4 is 14.8 Å². The Balaban J connectivity index is 1.97. The highest BCUT2D eigenvalue weighted by Gasteiger charge is 2.33. The molecule has 30 heavy (non-hydrogen) atoms. The summed E-state index contributed by atoms with van der Waals surface area (Å²) < 4.78 is 36.0. The highest BCUT2D eigenvalue weighted by atomic mass is 35.5. The fraction of sp³-hybridized carbons (Fsp3) is 0.500. The van der Waals surface area contributed by atoms with Crippen molar-refractivity contribution < 1.29 is 22.7 Å². The normalized spacial score (nSPS) is 18.3. The molecule has 164 valence electrons. The van der Waals surface area contributed by atoms with Gasteiger partial charge >= 0.3 is 0 Å². The molecule has 0 spiro atoms. The topological polar surface area (TPSA) is 99.5 Å². The van der Waals surface area contributed by atoms with Gasteiger partial charge in [-0.05, 0) is 18.6 Å². The van der Waals surface area contributed by atoms with Crippen LogP contribution in [0.4, 0.5) is 5.82 Å². The number of amides is 1. The van der Waals surface area contributed by atoms with Crippen LogP contribution in [0.1, 0.15) is 49.3 Å². The molecule has 2 aromatic rings. The molecule has 0 aliphatic carbocycles. The first-order valence-electron chi connectivity index (χ1n) is 9.48. The Morgan fingerprint density at radius 2 is 1.93 bits per heavy atom. The number of ether oxygens (including phenoxy) is 2. The SMILES string of the molecule is COc1cc(C(=O)Nc2cc(C(C)(C)C)nn2C2CCS(=O)(=O)C2)cc(Cl)c1OC. The zero-order valence-electron chi connectivity index (χ0n) is 17.7. The van der Waals surface area contributed by atoms with Crippen LogP contribution in [0.5, 0.6) is 11.5 Å². The van der Waals surface area contributed by atoms with Crippen LogP contribution in [0.15, 0.2) is 18.2 Å². The van der Waals surface area contributed by atoms with E-state index in [1.807, 2.05) is 20.8 Å². The third-order valence-electron chi connectivity index (χ3n) is 5.00. The van der Waals surface area contributed by atoms with Gasteiger partial charge in [0.2, 0.25) is 0 Å². The third kappa shape index (κ3) is 4.57. The molecule has 1 N–H and O–H groups in total. The Hall–Kier alpha value is -2.26. The molecule has 0 bridgehead atoms. The van der Waals surface area contributed by atoms with E-state index in [1.54, 1.807) is 10.7 Å². The minimum atomic E-state index is -3.11. The van der Waals surface area contributed by atoms with Crippen LogP contribution >= 0.6 is 11.6 Å². The van der Waals surface area contributed by atoms with Gasteiger partial charge in [-0.15, -0.1) is 0 Å². The average molecular weight is 456 g/mol. The number of halogens is 1. The Morgan fingerprint density at radius 1 is 1.23 bits per heavy atom. The van der Waals surface area contributed by atoms with Crippen molar-refractivity contribution in [3.63, 3.8) is 0 Å². The molecule has 10 heteroatoms. The second-order valence-electron chi connectivity index (χ2n) is 8.31. The highest BCUT2D eigenvalue weighted by molar-refractivity contribution is 7.91. The molecule has 1 saturated heterocycles. The zero-order chi connectivity index (χ0) is 22.3. The van der Waals surface area contributed by atoms with Gasteiger partial charge in [-0.2, -0.15) is 5.10 Å². The molecule has 1 unspecified atom stereocenters. The molecular weight excluding hydrogens is 430 g/mol. The fourth-order valence-electron chi connectivity index (χ4n) is 3.34. The highest BCUT2D eigenvalue weighted by Crippen LogP contribution is 2.36. The molecule has 1 aromatic carbocycles. The van der Waals surface area contributed by atoms with Crippen molar-refractivity contribution in [2.45, 2.75) is 38.6 Å². The zero-order valence-corrected chi connectivity index (χ0v) is 19.2. The molecular formula is C20H26ClN3O5S. The molecule has 1 amide bonds. The summed E-state index contributed by atoms with van der Waals surface area (Å²) in [7, 11) is -0.188. The average Bonchev–Trinajstić information content (AvgIpc) is 3.23. The summed E-state index contributed by atoms with van der Waals surface area (Å²) in [6.45, 7) is 6.01. The third-order valence-corrected chi connectivity index (χ3v) is 7.03. The second kappa shape index (κ2) is 8.11. The molecule has 0 saturated carbocycles. The van der Waals surface area contributed by atoms with Crippen LogP contribution in [0.25, 0.3) is 0 Å². The standard InChI is InChI=1S/C20H26ClN3O5S/c1-20(2,3)16-10-17(24(23-16)13-6-7-30(26,27)11-13)22-19(25)12-8-14(21)18(29-5)15(9-12)28-4/h8-10,13H,6-7,11H2,1-5H3,(H,22,25). The summed E-state index contributed by atoms with van der Waals surface area (Å²) >= 11 is 6.22. The van der Waals surface area contributed by atoms with Gasteiger partial charge in [0.05, 0.1) is 42.5 Å². The monoisotopic (exact) mass is 455 g/mol. The van der Waals surface area contributed by atoms with Crippen molar-refractivity contribution >= 4 is 33.2 Å². The van der Waals surface area contributed by atoms with Crippen molar-refractivity contribution in [1.82, 2.24) is 9.78 Å². The minimum absolute atomic E-state index is 0.00329. The number of sulfone groups is 1. The van der Waals surface area contributed by atoms with E-state index < -0.39 is 15.7 Å². The van der Waals surface area contributed by atoms with Crippen molar-refractivity contribution in [2.24, 2.45) is 0 Å². The Labute approximate surface area is 181 Å². The number of methoxy groups -OCH3 is 2. The molecule has 2 heterocycles. The first-order valence-corrected chi connectivity index (χ1v) is 11.7. The predicted octanol–water partition coefficient (Wildman–Crippen LogP) is 3.46. The maximum atomic E-state index is 13.0. The van der Waals surface area contributed by atoms with E-state index in [1.165, 1.54) is 26.4 Å². The quantitative estimate of drug-likeness (QED) is 0.741. The van der Waals surface area contributed by atoms with Gasteiger partial charge in [0.1, 0.15) is 5.82 Å². The van der Waals surface area contributed by atoms with Crippen molar-refractivity contribution in [1.29, 1.82) is 0 Å². The maximum absolute atomic E-state index is 13.0. The first-order chi connectivity index (χ1) is 13.9. The summed E-state index contributed by atoms with van der Waals surface area (Å²) in [4.78, 5) is 13.0. The van der Waals surface area contributed by atoms with E-state index in [2.05, 4.69) is 10.4 Å². The summed E-state index contributed by atoms with van der Waals surface area (Å²) in [5.41, 5.74) is 0.767. The number of hydrogen-bond donors (Lipinski definition) is 1. The molecule has 1 aliphatic heterocycles. The second-order valence-corrected chi connectivity index (χ2v) is 10.9. The van der Waals surface area contributed by atoms with Crippen LogP contribution in [-0.4, -0.2) is 49.8 Å². The van der Waals surface area contributed by atoms with E-state index in [0.29, 0.717) is 23.7 Å². The first kappa shape index (κ1) is 22.4. The van der Waals surface area contributed by atoms with Crippen LogP contribution in [0, 0.1) is 0 Å². The number of rotatable bonds is 5. The summed E-state index contributed by atoms with van der Waals surface area (Å²) in [6, 6.07) is 4.48. The Kier molecular flexibility index (Phi) is 6.06. The molecule has 1 aliphatic rings. The number of nitrogens with one attached hydrogen (secondary N) is 1. The lowest BCUT2D eigenvalue weighted by Crippen LogP contribution is -2.20. The van der Waals surface area contributed by atoms with Gasteiger partial charge < -0.3 is 14.8 Å². The lowest BCUT2D eigenvalue weighted by Gasteiger charge is -2.16. The number of benzene rings is 1. The number of anilines is 1. The minimum Gasteiger partial charge on any atom is -0.493 e. The summed E-state index contributed by atoms with van der Waals surface area (Å²) in [5, 5.41) is 7.72. The van der Waals surface area contributed by atoms with Gasteiger partial charge in [-0.3, -0.25) is 4.79 Å². The van der Waals surface area contributed by atoms with Gasteiger partial charge in [-0.25, -0.2) is 13.1 Å². The number of hydrogen-bond acceptors (Lipinski definition) is 6. The van der Waals surface area contributed by atoms with E-state index in [-0.39, 0.29) is 33.5 Å². The molecule has 1 fully saturated rings. The van der Waals surface area contributed by atoms with Crippen LogP contribution in [-0.2, 0) is 15.3 Å². The number of carbonyl (C=O) groups is 1. The summed E-state index contributed by atoms with van der Waals surface area (Å²) in [6.07, 6.45) is 0.457. The molecule has 8 nitrogen and oxygen atoms in total. The lowest BCUT2D eigenvalue weighted by molar-refractivity contribution is 0.102. The smallest absolute Gasteiger partial charge is 0.257 e. The van der Waals surface area contributed by atoms with E-state index >= 15 is 0 Å². The lowest BCUT2D eigenvalue weighted by atomic mass is 9.92. The van der Waals surface area contributed by atoms with E-state index in [9.17, 15) is 13.2 Å². The van der Waals surface area contributed by atoms with Gasteiger partial charge in [0.25, 0.3) is 5.91 Å². The van der Waals surface area contributed by atoms with Crippen LogP contribution in [0.3, 0.4) is 0 Å². The number of carbonyl (C=O) groups excluding carboxylic acids is 1. The van der Waals surface area contributed by atoms with Crippen molar-refractivity contribution in [2.75, 3.05) is 31.0 Å². The number of aromatic nitrogens is 2. The molecule has 1 atom stereocenters. The largest absolute Gasteiger partial charge is 0.493 e. The Morgan fingerprint density at radius 3 is 2.47 bits per heavy atom. The maximum Gasteiger partial charge on any atom is 0.257 e. The van der Waals surface area contributed by atoms with E-state index in [4.69, 9.17) is 21.1 Å². The van der Waals surface area contributed by atoms with Crippen molar-refractivity contribution in [3.05, 3.63) is 34.5 Å². The van der Waals surface area contributed by atoms with Gasteiger partial charge in [0.15, 0.2) is 21.3 Å². The van der Waals surface area contributed by atoms with Crippen molar-refractivity contribution in [3.8, 4) is 11.5 Å². The van der Waals surface area contributed by atoms with Crippen LogP contribution in [0.2, 0.25) is 5.02 Å². The number of nitrogens with zero attached hydrogens (tertiary/aromatic N) is 2. The predicted molar refractivity (Wildman–Crippen MR) is 116 cm³/mol. The molecule has 0 radical (unpaired) electrons. The molecule has 3 rings (SSSR count). The summed E-state index contributed by atoms with van der Waals surface area (Å²) in [5.74, 6) is 0.816. The van der Waals surface area contributed by atoms with E-state index in [0.717, 1.165) is 5.69 Å². The molecule has 1 aromatic heterocycles.